The van der Waals surface area contributed by atoms with Crippen LogP contribution in [0.5, 0.6) is 0 Å². The maximum atomic E-state index is 14.3. The number of nitrogens with zero attached hydrogens (tertiary/aromatic N) is 2. The van der Waals surface area contributed by atoms with Crippen molar-refractivity contribution in [1.29, 1.82) is 0 Å². The second-order valence-electron chi connectivity index (χ2n) is 8.99. The van der Waals surface area contributed by atoms with Gasteiger partial charge < -0.3 is 4.74 Å². The Kier molecular flexibility index (Phi) is 7.02. The van der Waals surface area contributed by atoms with Crippen LogP contribution in [0.15, 0.2) is 90.3 Å². The molecule has 0 saturated carbocycles. The van der Waals surface area contributed by atoms with Crippen LogP contribution in [-0.4, -0.2) is 32.0 Å². The minimum Gasteiger partial charge on any atom is -0.464 e. The fraction of sp³-hybridized carbons (Fsp3) is 0.222. The van der Waals surface area contributed by atoms with Gasteiger partial charge in [-0.15, -0.1) is 6.58 Å². The Morgan fingerprint density at radius 1 is 1.10 bits per heavy atom. The standard InChI is InChI=1S/C27H23F3N2O6S/c1-4-22-21-15-12-19(27(28,29)30)16-23(21)31(39(36,37)20-13-10-17(2)11-14-20)24(18-8-6-5-7-9-18)26(22,32(34)35)25(33)38-3/h4-16,22,24H,1H2,2-3H3/t22-,24-,26+/m1/s1. The van der Waals surface area contributed by atoms with Crippen molar-refractivity contribution in [2.75, 3.05) is 11.4 Å². The number of rotatable bonds is 6. The van der Waals surface area contributed by atoms with Gasteiger partial charge in [0.2, 0.25) is 0 Å². The molecular weight excluding hydrogens is 537 g/mol. The Morgan fingerprint density at radius 2 is 1.72 bits per heavy atom. The summed E-state index contributed by atoms with van der Waals surface area (Å²) in [5.74, 6) is -2.95. The molecule has 0 spiro atoms. The lowest BCUT2D eigenvalue weighted by Gasteiger charge is -2.47. The van der Waals surface area contributed by atoms with E-state index in [4.69, 9.17) is 4.74 Å². The molecule has 8 nitrogen and oxygen atoms in total. The van der Waals surface area contributed by atoms with Crippen LogP contribution in [0, 0.1) is 17.0 Å². The van der Waals surface area contributed by atoms with Crippen LogP contribution < -0.4 is 4.31 Å². The lowest BCUT2D eigenvalue weighted by Crippen LogP contribution is -2.64. The number of carbonyl (C=O) groups is 1. The third-order valence-electron chi connectivity index (χ3n) is 6.80. The molecule has 0 unspecified atom stereocenters. The molecule has 0 fully saturated rings. The molecule has 0 radical (unpaired) electrons. The Balaban J connectivity index is 2.23. The number of nitro groups is 1. The molecule has 0 saturated heterocycles. The maximum absolute atomic E-state index is 14.3. The number of hydrogen-bond donors (Lipinski definition) is 0. The minimum atomic E-state index is -4.86. The molecule has 0 N–H and O–H groups in total. The van der Waals surface area contributed by atoms with Gasteiger partial charge in [0.25, 0.3) is 10.0 Å². The predicted octanol–water partition coefficient (Wildman–Crippen LogP) is 5.42. The van der Waals surface area contributed by atoms with E-state index >= 15 is 0 Å². The number of hydrogen-bond acceptors (Lipinski definition) is 6. The minimum absolute atomic E-state index is 0.00908. The molecule has 0 bridgehead atoms. The summed E-state index contributed by atoms with van der Waals surface area (Å²) in [6.07, 6.45) is -3.81. The normalized spacial score (nSPS) is 21.1. The number of anilines is 1. The van der Waals surface area contributed by atoms with E-state index in [2.05, 4.69) is 6.58 Å². The highest BCUT2D eigenvalue weighted by Gasteiger charge is 2.70. The summed E-state index contributed by atoms with van der Waals surface area (Å²) in [6, 6.07) is 13.0. The van der Waals surface area contributed by atoms with Gasteiger partial charge >= 0.3 is 17.7 Å². The number of aryl methyl sites for hydroxylation is 1. The average molecular weight is 561 g/mol. The summed E-state index contributed by atoms with van der Waals surface area (Å²) in [4.78, 5) is 25.2. The summed E-state index contributed by atoms with van der Waals surface area (Å²) < 4.78 is 75.5. The molecule has 1 aliphatic heterocycles. The Morgan fingerprint density at radius 3 is 2.23 bits per heavy atom. The van der Waals surface area contributed by atoms with Gasteiger partial charge in [-0.05, 0) is 42.3 Å². The summed E-state index contributed by atoms with van der Waals surface area (Å²) in [7, 11) is -3.90. The smallest absolute Gasteiger partial charge is 0.416 e. The van der Waals surface area contributed by atoms with Crippen LogP contribution in [0.1, 0.15) is 34.2 Å². The van der Waals surface area contributed by atoms with Gasteiger partial charge in [-0.3, -0.25) is 14.4 Å². The van der Waals surface area contributed by atoms with Crippen LogP contribution in [0.25, 0.3) is 0 Å². The van der Waals surface area contributed by atoms with Crippen molar-refractivity contribution in [2.24, 2.45) is 0 Å². The van der Waals surface area contributed by atoms with Crippen molar-refractivity contribution in [1.82, 2.24) is 0 Å². The van der Waals surface area contributed by atoms with Gasteiger partial charge in [-0.1, -0.05) is 60.2 Å². The van der Waals surface area contributed by atoms with Crippen LogP contribution in [0.4, 0.5) is 18.9 Å². The topological polar surface area (TPSA) is 107 Å². The Bertz CT molecular complexity index is 1540. The predicted molar refractivity (Wildman–Crippen MR) is 136 cm³/mol. The molecule has 4 rings (SSSR count). The maximum Gasteiger partial charge on any atom is 0.416 e. The highest BCUT2D eigenvalue weighted by molar-refractivity contribution is 7.92. The van der Waals surface area contributed by atoms with Gasteiger partial charge in [-0.25, -0.2) is 13.2 Å². The number of carbonyl (C=O) groups excluding carboxylic acids is 1. The van der Waals surface area contributed by atoms with Gasteiger partial charge in [-0.2, -0.15) is 13.2 Å². The number of ether oxygens (including phenoxy) is 1. The average Bonchev–Trinajstić information content (AvgIpc) is 2.90. The fourth-order valence-corrected chi connectivity index (χ4v) is 6.70. The third kappa shape index (κ3) is 4.34. The van der Waals surface area contributed by atoms with E-state index in [1.165, 1.54) is 48.5 Å². The summed E-state index contributed by atoms with van der Waals surface area (Å²) in [6.45, 7) is 5.34. The van der Waals surface area contributed by atoms with E-state index in [1.54, 1.807) is 13.0 Å². The quantitative estimate of drug-likeness (QED) is 0.172. The number of halogens is 3. The molecule has 12 heteroatoms. The van der Waals surface area contributed by atoms with Crippen LogP contribution in [0.2, 0.25) is 0 Å². The molecule has 0 aliphatic carbocycles. The van der Waals surface area contributed by atoms with Crippen molar-refractivity contribution < 1.29 is 36.0 Å². The lowest BCUT2D eigenvalue weighted by atomic mass is 9.69. The Labute approximate surface area is 222 Å². The van der Waals surface area contributed by atoms with Crippen molar-refractivity contribution in [3.8, 4) is 0 Å². The first-order chi connectivity index (χ1) is 18.3. The molecule has 39 heavy (non-hydrogen) atoms. The SMILES string of the molecule is C=C[C@@H]1c2ccc(C(F)(F)F)cc2N(S(=O)(=O)c2ccc(C)cc2)[C@H](c2ccccc2)[C@@]1(C(=O)OC)[N+](=O)[O-]. The van der Waals surface area contributed by atoms with E-state index in [9.17, 15) is 36.5 Å². The van der Waals surface area contributed by atoms with E-state index in [-0.39, 0.29) is 16.0 Å². The lowest BCUT2D eigenvalue weighted by molar-refractivity contribution is -0.563. The van der Waals surface area contributed by atoms with Crippen LogP contribution >= 0.6 is 0 Å². The molecule has 0 aromatic heterocycles. The first-order valence-electron chi connectivity index (χ1n) is 11.5. The first kappa shape index (κ1) is 27.8. The second-order valence-corrected chi connectivity index (χ2v) is 10.8. The molecule has 204 valence electrons. The van der Waals surface area contributed by atoms with E-state index in [1.807, 2.05) is 0 Å². The van der Waals surface area contributed by atoms with Gasteiger partial charge in [0.1, 0.15) is 0 Å². The summed E-state index contributed by atoms with van der Waals surface area (Å²) >= 11 is 0. The van der Waals surface area contributed by atoms with Crippen molar-refractivity contribution in [2.45, 2.75) is 35.5 Å². The molecule has 3 aromatic rings. The number of esters is 1. The van der Waals surface area contributed by atoms with E-state index < -0.39 is 55.8 Å². The number of sulfonamides is 1. The third-order valence-corrected chi connectivity index (χ3v) is 8.59. The summed E-state index contributed by atoms with van der Waals surface area (Å²) in [5, 5.41) is 13.0. The number of methoxy groups -OCH3 is 1. The number of alkyl halides is 3. The van der Waals surface area contributed by atoms with Gasteiger partial charge in [0.05, 0.1) is 29.2 Å². The van der Waals surface area contributed by atoms with E-state index in [0.29, 0.717) is 22.0 Å². The van der Waals surface area contributed by atoms with Crippen molar-refractivity contribution in [3.63, 3.8) is 0 Å². The van der Waals surface area contributed by atoms with Gasteiger partial charge in [0.15, 0.2) is 6.04 Å². The fourth-order valence-electron chi connectivity index (χ4n) is 5.01. The molecule has 3 atom stereocenters. The first-order valence-corrected chi connectivity index (χ1v) is 13.0. The number of fused-ring (bicyclic) bond motifs is 1. The summed E-state index contributed by atoms with van der Waals surface area (Å²) in [5.41, 5.74) is -4.00. The molecule has 1 heterocycles. The van der Waals surface area contributed by atoms with Crippen LogP contribution in [-0.2, 0) is 25.7 Å². The largest absolute Gasteiger partial charge is 0.464 e. The van der Waals surface area contributed by atoms with E-state index in [0.717, 1.165) is 19.3 Å². The molecule has 1 aliphatic rings. The molecular formula is C27H23F3N2O6S. The highest BCUT2D eigenvalue weighted by atomic mass is 32.2. The van der Waals surface area contributed by atoms with Gasteiger partial charge in [0, 0.05) is 4.92 Å². The van der Waals surface area contributed by atoms with Crippen molar-refractivity contribution in [3.05, 3.63) is 118 Å². The number of benzene rings is 3. The monoisotopic (exact) mass is 560 g/mol. The molecule has 3 aromatic carbocycles. The van der Waals surface area contributed by atoms with Crippen LogP contribution in [0.3, 0.4) is 0 Å². The second kappa shape index (κ2) is 9.84. The highest BCUT2D eigenvalue weighted by Crippen LogP contribution is 2.56. The molecule has 0 amide bonds. The zero-order chi connectivity index (χ0) is 28.8. The zero-order valence-corrected chi connectivity index (χ0v) is 21.6. The van der Waals surface area contributed by atoms with Crippen molar-refractivity contribution >= 4 is 21.7 Å². The zero-order valence-electron chi connectivity index (χ0n) is 20.8. The Hall–Kier alpha value is -4.19.